The second-order valence-corrected chi connectivity index (χ2v) is 5.97. The van der Waals surface area contributed by atoms with E-state index in [9.17, 15) is 0 Å². The van der Waals surface area contributed by atoms with Gasteiger partial charge in [0.25, 0.3) is 0 Å². The maximum absolute atomic E-state index is 4.95. The Morgan fingerprint density at radius 3 is 2.79 bits per heavy atom. The molecule has 3 heteroatoms. The third-order valence-corrected chi connectivity index (χ3v) is 4.49. The van der Waals surface area contributed by atoms with Gasteiger partial charge in [0.15, 0.2) is 0 Å². The summed E-state index contributed by atoms with van der Waals surface area (Å²) in [6.45, 7) is 4.28. The van der Waals surface area contributed by atoms with Gasteiger partial charge >= 0.3 is 0 Å². The lowest BCUT2D eigenvalue weighted by molar-refractivity contribution is 0.424. The molecule has 0 atom stereocenters. The third-order valence-electron chi connectivity index (χ3n) is 4.49. The Balaban J connectivity index is 1.93. The van der Waals surface area contributed by atoms with Gasteiger partial charge in [-0.15, -0.1) is 0 Å². The van der Waals surface area contributed by atoms with Gasteiger partial charge in [-0.05, 0) is 19.3 Å². The van der Waals surface area contributed by atoms with Gasteiger partial charge in [-0.1, -0.05) is 32.6 Å². The quantitative estimate of drug-likeness (QED) is 0.906. The zero-order chi connectivity index (χ0) is 13.1. The lowest BCUT2D eigenvalue weighted by atomic mass is 9.88. The first kappa shape index (κ1) is 13.0. The normalized spacial score (nSPS) is 20.3. The summed E-state index contributed by atoms with van der Waals surface area (Å²) in [4.78, 5) is 9.88. The molecule has 0 bridgehead atoms. The number of nitrogens with zero attached hydrogens (tertiary/aromatic N) is 2. The highest BCUT2D eigenvalue weighted by Crippen LogP contribution is 2.32. The Labute approximate surface area is 116 Å². The average molecular weight is 259 g/mol. The summed E-state index contributed by atoms with van der Waals surface area (Å²) in [5, 5.41) is 3.46. The SMILES string of the molecule is CCCc1nc(C2CCCCC2)nc2c1CNCC2. The van der Waals surface area contributed by atoms with Crippen LogP contribution in [0.4, 0.5) is 0 Å². The summed E-state index contributed by atoms with van der Waals surface area (Å²) in [5.41, 5.74) is 4.05. The fourth-order valence-electron chi connectivity index (χ4n) is 3.42. The van der Waals surface area contributed by atoms with Crippen molar-refractivity contribution in [3.63, 3.8) is 0 Å². The molecule has 1 aliphatic heterocycles. The van der Waals surface area contributed by atoms with Crippen molar-refractivity contribution >= 4 is 0 Å². The molecule has 1 fully saturated rings. The van der Waals surface area contributed by atoms with E-state index in [1.54, 1.807) is 0 Å². The fraction of sp³-hybridized carbons (Fsp3) is 0.750. The minimum Gasteiger partial charge on any atom is -0.312 e. The summed E-state index contributed by atoms with van der Waals surface area (Å²) in [7, 11) is 0. The molecule has 19 heavy (non-hydrogen) atoms. The number of aryl methyl sites for hydroxylation is 1. The van der Waals surface area contributed by atoms with Crippen molar-refractivity contribution in [2.24, 2.45) is 0 Å². The van der Waals surface area contributed by atoms with E-state index in [1.165, 1.54) is 55.5 Å². The molecule has 3 nitrogen and oxygen atoms in total. The lowest BCUT2D eigenvalue weighted by Crippen LogP contribution is -2.27. The first-order chi connectivity index (χ1) is 9.38. The van der Waals surface area contributed by atoms with Gasteiger partial charge in [-0.2, -0.15) is 0 Å². The summed E-state index contributed by atoms with van der Waals surface area (Å²) in [6.07, 6.45) is 10.1. The summed E-state index contributed by atoms with van der Waals surface area (Å²) < 4.78 is 0. The largest absolute Gasteiger partial charge is 0.312 e. The van der Waals surface area contributed by atoms with E-state index in [4.69, 9.17) is 9.97 Å². The van der Waals surface area contributed by atoms with E-state index < -0.39 is 0 Å². The van der Waals surface area contributed by atoms with E-state index in [-0.39, 0.29) is 0 Å². The third kappa shape index (κ3) is 2.81. The molecule has 0 aromatic carbocycles. The fourth-order valence-corrected chi connectivity index (χ4v) is 3.42. The monoisotopic (exact) mass is 259 g/mol. The van der Waals surface area contributed by atoms with Crippen LogP contribution in [0.25, 0.3) is 0 Å². The standard InChI is InChI=1S/C16H25N3/c1-2-6-14-13-11-17-10-9-15(13)19-16(18-14)12-7-4-3-5-8-12/h12,17H,2-11H2,1H3. The predicted molar refractivity (Wildman–Crippen MR) is 77.3 cm³/mol. The highest BCUT2D eigenvalue weighted by Gasteiger charge is 2.22. The van der Waals surface area contributed by atoms with E-state index in [0.717, 1.165) is 31.8 Å². The number of aromatic nitrogens is 2. The van der Waals surface area contributed by atoms with Crippen LogP contribution >= 0.6 is 0 Å². The molecule has 2 heterocycles. The van der Waals surface area contributed by atoms with Crippen LogP contribution in [0.5, 0.6) is 0 Å². The molecule has 1 saturated carbocycles. The smallest absolute Gasteiger partial charge is 0.131 e. The zero-order valence-electron chi connectivity index (χ0n) is 12.0. The molecule has 1 N–H and O–H groups in total. The second-order valence-electron chi connectivity index (χ2n) is 5.97. The molecular formula is C16H25N3. The lowest BCUT2D eigenvalue weighted by Gasteiger charge is -2.25. The van der Waals surface area contributed by atoms with Crippen LogP contribution in [-0.4, -0.2) is 16.5 Å². The van der Waals surface area contributed by atoms with Crippen molar-refractivity contribution in [2.45, 2.75) is 70.8 Å². The molecule has 1 aromatic rings. The number of hydrogen-bond acceptors (Lipinski definition) is 3. The van der Waals surface area contributed by atoms with E-state index in [1.807, 2.05) is 0 Å². The Hall–Kier alpha value is -0.960. The van der Waals surface area contributed by atoms with Crippen LogP contribution in [-0.2, 0) is 19.4 Å². The Kier molecular flexibility index (Phi) is 4.12. The molecule has 0 amide bonds. The molecule has 0 radical (unpaired) electrons. The van der Waals surface area contributed by atoms with Gasteiger partial charge in [-0.25, -0.2) is 9.97 Å². The average Bonchev–Trinajstić information content (AvgIpc) is 2.48. The van der Waals surface area contributed by atoms with Crippen LogP contribution < -0.4 is 5.32 Å². The zero-order valence-corrected chi connectivity index (χ0v) is 12.0. The van der Waals surface area contributed by atoms with Crippen molar-refractivity contribution < 1.29 is 0 Å². The molecule has 0 unspecified atom stereocenters. The molecule has 1 aromatic heterocycles. The van der Waals surface area contributed by atoms with Gasteiger partial charge in [0.2, 0.25) is 0 Å². The van der Waals surface area contributed by atoms with Crippen molar-refractivity contribution in [3.8, 4) is 0 Å². The van der Waals surface area contributed by atoms with Crippen LogP contribution in [0.2, 0.25) is 0 Å². The maximum atomic E-state index is 4.95. The molecule has 2 aliphatic rings. The van der Waals surface area contributed by atoms with Gasteiger partial charge < -0.3 is 5.32 Å². The minimum atomic E-state index is 0.629. The highest BCUT2D eigenvalue weighted by molar-refractivity contribution is 5.29. The van der Waals surface area contributed by atoms with Crippen molar-refractivity contribution in [3.05, 3.63) is 22.8 Å². The van der Waals surface area contributed by atoms with Crippen molar-refractivity contribution in [2.75, 3.05) is 6.54 Å². The van der Waals surface area contributed by atoms with Crippen molar-refractivity contribution in [1.82, 2.24) is 15.3 Å². The van der Waals surface area contributed by atoms with Gasteiger partial charge in [0.05, 0.1) is 5.69 Å². The molecular weight excluding hydrogens is 234 g/mol. The van der Waals surface area contributed by atoms with Crippen LogP contribution in [0.1, 0.15) is 74.1 Å². The van der Waals surface area contributed by atoms with E-state index in [0.29, 0.717) is 5.92 Å². The summed E-state index contributed by atoms with van der Waals surface area (Å²) in [5.74, 6) is 1.79. The number of fused-ring (bicyclic) bond motifs is 1. The van der Waals surface area contributed by atoms with Gasteiger partial charge in [0, 0.05) is 36.7 Å². The van der Waals surface area contributed by atoms with Crippen molar-refractivity contribution in [1.29, 1.82) is 0 Å². The Morgan fingerprint density at radius 2 is 2.00 bits per heavy atom. The Bertz CT molecular complexity index is 436. The predicted octanol–water partition coefficient (Wildman–Crippen LogP) is 3.12. The van der Waals surface area contributed by atoms with E-state index in [2.05, 4.69) is 12.2 Å². The highest BCUT2D eigenvalue weighted by atomic mass is 15.0. The summed E-state index contributed by atoms with van der Waals surface area (Å²) >= 11 is 0. The number of rotatable bonds is 3. The molecule has 3 rings (SSSR count). The number of nitrogens with one attached hydrogen (secondary N) is 1. The van der Waals surface area contributed by atoms with Crippen LogP contribution in [0.3, 0.4) is 0 Å². The molecule has 1 aliphatic carbocycles. The first-order valence-corrected chi connectivity index (χ1v) is 7.97. The minimum absolute atomic E-state index is 0.629. The van der Waals surface area contributed by atoms with Crippen LogP contribution in [0.15, 0.2) is 0 Å². The van der Waals surface area contributed by atoms with E-state index >= 15 is 0 Å². The topological polar surface area (TPSA) is 37.8 Å². The molecule has 104 valence electrons. The first-order valence-electron chi connectivity index (χ1n) is 7.97. The second kappa shape index (κ2) is 6.00. The summed E-state index contributed by atoms with van der Waals surface area (Å²) in [6, 6.07) is 0. The van der Waals surface area contributed by atoms with Crippen LogP contribution in [0, 0.1) is 0 Å². The molecule has 0 saturated heterocycles. The Morgan fingerprint density at radius 1 is 1.16 bits per heavy atom. The molecule has 0 spiro atoms. The maximum Gasteiger partial charge on any atom is 0.131 e. The van der Waals surface area contributed by atoms with Gasteiger partial charge in [0.1, 0.15) is 5.82 Å². The van der Waals surface area contributed by atoms with Gasteiger partial charge in [-0.3, -0.25) is 0 Å². The number of hydrogen-bond donors (Lipinski definition) is 1.